The standard InChI is InChI=1S/C20H17F5N4O3/c21-18(22)31-14-6-4-13(5-7-14)27-17-11-16(28-19(29-17)26-8-9-30)12-2-1-3-15(10-12)32-20(23,24)25/h1-7,10-11,18,30H,8-9H2,(H2,26,27,28,29). The van der Waals surface area contributed by atoms with Crippen molar-refractivity contribution in [3.63, 3.8) is 0 Å². The minimum Gasteiger partial charge on any atom is -0.435 e. The largest absolute Gasteiger partial charge is 0.573 e. The summed E-state index contributed by atoms with van der Waals surface area (Å²) in [6, 6.07) is 12.4. The first-order chi connectivity index (χ1) is 15.2. The summed E-state index contributed by atoms with van der Waals surface area (Å²) in [6.07, 6.45) is -4.84. The van der Waals surface area contributed by atoms with Gasteiger partial charge in [-0.3, -0.25) is 0 Å². The predicted octanol–water partition coefficient (Wildman–Crippen LogP) is 4.79. The Morgan fingerprint density at radius 2 is 1.72 bits per heavy atom. The van der Waals surface area contributed by atoms with Crippen molar-refractivity contribution in [2.24, 2.45) is 0 Å². The van der Waals surface area contributed by atoms with Crippen LogP contribution in [0.15, 0.2) is 54.6 Å². The van der Waals surface area contributed by atoms with Gasteiger partial charge in [0.1, 0.15) is 17.3 Å². The maximum Gasteiger partial charge on any atom is 0.573 e. The summed E-state index contributed by atoms with van der Waals surface area (Å²) in [5.74, 6) is -0.0673. The van der Waals surface area contributed by atoms with Crippen LogP contribution in [0.3, 0.4) is 0 Å². The highest BCUT2D eigenvalue weighted by Gasteiger charge is 2.31. The number of rotatable bonds is 9. The van der Waals surface area contributed by atoms with Crippen LogP contribution in [0.1, 0.15) is 0 Å². The van der Waals surface area contributed by atoms with Crippen LogP contribution in [0.4, 0.5) is 39.4 Å². The van der Waals surface area contributed by atoms with Crippen LogP contribution in [0, 0.1) is 0 Å². The number of halogens is 5. The number of alkyl halides is 5. The zero-order valence-electron chi connectivity index (χ0n) is 16.2. The summed E-state index contributed by atoms with van der Waals surface area (Å²) in [5, 5.41) is 14.8. The zero-order chi connectivity index (χ0) is 23.1. The molecule has 0 saturated heterocycles. The van der Waals surface area contributed by atoms with Gasteiger partial charge >= 0.3 is 13.0 Å². The lowest BCUT2D eigenvalue weighted by Gasteiger charge is -2.13. The smallest absolute Gasteiger partial charge is 0.435 e. The normalized spacial score (nSPS) is 11.3. The lowest BCUT2D eigenvalue weighted by atomic mass is 10.1. The first-order valence-electron chi connectivity index (χ1n) is 9.14. The summed E-state index contributed by atoms with van der Waals surface area (Å²) >= 11 is 0. The minimum absolute atomic E-state index is 0.0271. The molecule has 0 aliphatic carbocycles. The van der Waals surface area contributed by atoms with E-state index in [0.717, 1.165) is 6.07 Å². The van der Waals surface area contributed by atoms with Crippen LogP contribution in [-0.4, -0.2) is 41.2 Å². The summed E-state index contributed by atoms with van der Waals surface area (Å²) in [6.45, 7) is -3.01. The van der Waals surface area contributed by atoms with Gasteiger partial charge < -0.3 is 25.2 Å². The van der Waals surface area contributed by atoms with E-state index < -0.39 is 18.7 Å². The molecule has 0 radical (unpaired) electrons. The van der Waals surface area contributed by atoms with Crippen molar-refractivity contribution in [1.29, 1.82) is 0 Å². The van der Waals surface area contributed by atoms with Gasteiger partial charge in [0.05, 0.1) is 12.3 Å². The number of hydrogen-bond donors (Lipinski definition) is 3. The van der Waals surface area contributed by atoms with E-state index in [4.69, 9.17) is 5.11 Å². The third-order valence-corrected chi connectivity index (χ3v) is 3.84. The van der Waals surface area contributed by atoms with Gasteiger partial charge in [-0.2, -0.15) is 13.8 Å². The average Bonchev–Trinajstić information content (AvgIpc) is 2.72. The highest BCUT2D eigenvalue weighted by Crippen LogP contribution is 2.29. The van der Waals surface area contributed by atoms with E-state index >= 15 is 0 Å². The topological polar surface area (TPSA) is 88.5 Å². The van der Waals surface area contributed by atoms with E-state index in [1.807, 2.05) is 0 Å². The van der Waals surface area contributed by atoms with Crippen molar-refractivity contribution in [3.8, 4) is 22.8 Å². The summed E-state index contributed by atoms with van der Waals surface area (Å²) < 4.78 is 70.4. The molecule has 3 N–H and O–H groups in total. The molecule has 1 aromatic heterocycles. The Morgan fingerprint density at radius 3 is 2.38 bits per heavy atom. The van der Waals surface area contributed by atoms with Crippen molar-refractivity contribution >= 4 is 17.5 Å². The molecule has 0 amide bonds. The molecule has 0 aliphatic rings. The van der Waals surface area contributed by atoms with Gasteiger partial charge in [-0.05, 0) is 36.4 Å². The number of benzene rings is 2. The minimum atomic E-state index is -4.84. The molecule has 7 nitrogen and oxygen atoms in total. The van der Waals surface area contributed by atoms with Crippen LogP contribution < -0.4 is 20.1 Å². The number of ether oxygens (including phenoxy) is 2. The van der Waals surface area contributed by atoms with Crippen molar-refractivity contribution in [2.45, 2.75) is 13.0 Å². The van der Waals surface area contributed by atoms with Crippen LogP contribution in [0.2, 0.25) is 0 Å². The molecule has 0 fully saturated rings. The number of aromatic nitrogens is 2. The second kappa shape index (κ2) is 10.1. The van der Waals surface area contributed by atoms with Gasteiger partial charge in [-0.25, -0.2) is 4.98 Å². The lowest BCUT2D eigenvalue weighted by Crippen LogP contribution is -2.17. The molecule has 0 bridgehead atoms. The van der Waals surface area contributed by atoms with Crippen LogP contribution >= 0.6 is 0 Å². The monoisotopic (exact) mass is 456 g/mol. The molecule has 0 unspecified atom stereocenters. The molecule has 0 spiro atoms. The van der Waals surface area contributed by atoms with E-state index in [2.05, 4.69) is 30.1 Å². The van der Waals surface area contributed by atoms with E-state index in [1.165, 1.54) is 42.5 Å². The molecular formula is C20H17F5N4O3. The van der Waals surface area contributed by atoms with Gasteiger partial charge in [0.15, 0.2) is 0 Å². The molecule has 0 saturated carbocycles. The molecular weight excluding hydrogens is 439 g/mol. The summed E-state index contributed by atoms with van der Waals surface area (Å²) in [7, 11) is 0. The van der Waals surface area contributed by atoms with Crippen LogP contribution in [-0.2, 0) is 0 Å². The quantitative estimate of drug-likeness (QED) is 0.399. The van der Waals surface area contributed by atoms with Crippen LogP contribution in [0.25, 0.3) is 11.3 Å². The maximum absolute atomic E-state index is 12.5. The third-order valence-electron chi connectivity index (χ3n) is 3.84. The molecule has 170 valence electrons. The molecule has 3 aromatic rings. The van der Waals surface area contributed by atoms with E-state index in [-0.39, 0.29) is 36.4 Å². The van der Waals surface area contributed by atoms with Gasteiger partial charge in [0.2, 0.25) is 5.95 Å². The SMILES string of the molecule is OCCNc1nc(Nc2ccc(OC(F)F)cc2)cc(-c2cccc(OC(F)(F)F)c2)n1. The Morgan fingerprint density at radius 1 is 0.969 bits per heavy atom. The number of anilines is 3. The highest BCUT2D eigenvalue weighted by molar-refractivity contribution is 5.68. The Bertz CT molecular complexity index is 1030. The molecule has 2 aromatic carbocycles. The average molecular weight is 456 g/mol. The zero-order valence-corrected chi connectivity index (χ0v) is 16.2. The second-order valence-electron chi connectivity index (χ2n) is 6.22. The Labute approximate surface area is 178 Å². The molecule has 1 heterocycles. The fourth-order valence-corrected chi connectivity index (χ4v) is 2.63. The number of aliphatic hydroxyl groups excluding tert-OH is 1. The van der Waals surface area contributed by atoms with E-state index in [0.29, 0.717) is 11.3 Å². The summed E-state index contributed by atoms with van der Waals surface area (Å²) in [4.78, 5) is 8.49. The van der Waals surface area contributed by atoms with Gasteiger partial charge in [-0.1, -0.05) is 12.1 Å². The Balaban J connectivity index is 1.89. The van der Waals surface area contributed by atoms with Crippen LogP contribution in [0.5, 0.6) is 11.5 Å². The van der Waals surface area contributed by atoms with Gasteiger partial charge in [0.25, 0.3) is 0 Å². The molecule has 0 atom stereocenters. The first-order valence-corrected chi connectivity index (χ1v) is 9.14. The molecule has 12 heteroatoms. The molecule has 0 aliphatic heterocycles. The lowest BCUT2D eigenvalue weighted by molar-refractivity contribution is -0.274. The summed E-state index contributed by atoms with van der Waals surface area (Å²) in [5.41, 5.74) is 1.08. The molecule has 3 rings (SSSR count). The Hall–Kier alpha value is -3.67. The van der Waals surface area contributed by atoms with Gasteiger partial charge in [-0.15, -0.1) is 13.2 Å². The predicted molar refractivity (Wildman–Crippen MR) is 106 cm³/mol. The first kappa shape index (κ1) is 23.0. The van der Waals surface area contributed by atoms with E-state index in [1.54, 1.807) is 6.07 Å². The fourth-order valence-electron chi connectivity index (χ4n) is 2.63. The maximum atomic E-state index is 12.5. The second-order valence-corrected chi connectivity index (χ2v) is 6.22. The van der Waals surface area contributed by atoms with Crippen molar-refractivity contribution < 1.29 is 36.5 Å². The van der Waals surface area contributed by atoms with Crippen molar-refractivity contribution in [2.75, 3.05) is 23.8 Å². The fraction of sp³-hybridized carbons (Fsp3) is 0.200. The van der Waals surface area contributed by atoms with Gasteiger partial charge in [0, 0.05) is 23.9 Å². The van der Waals surface area contributed by atoms with E-state index in [9.17, 15) is 22.0 Å². The van der Waals surface area contributed by atoms with Crippen molar-refractivity contribution in [3.05, 3.63) is 54.6 Å². The highest BCUT2D eigenvalue weighted by atomic mass is 19.4. The Kier molecular flexibility index (Phi) is 7.25. The third kappa shape index (κ3) is 6.94. The number of aliphatic hydroxyl groups is 1. The molecule has 32 heavy (non-hydrogen) atoms. The van der Waals surface area contributed by atoms with Crippen molar-refractivity contribution in [1.82, 2.24) is 9.97 Å². The number of nitrogens with one attached hydrogen (secondary N) is 2. The number of nitrogens with zero attached hydrogens (tertiary/aromatic N) is 2. The number of hydrogen-bond acceptors (Lipinski definition) is 7.